The molecule has 4 rings (SSSR count). The Morgan fingerprint density at radius 2 is 1.87 bits per heavy atom. The zero-order valence-electron chi connectivity index (χ0n) is 22.5. The maximum Gasteiger partial charge on any atom is 0.389 e. The second kappa shape index (κ2) is 11.7. The zero-order valence-corrected chi connectivity index (χ0v) is 22.5. The summed E-state index contributed by atoms with van der Waals surface area (Å²) in [5, 5.41) is 7.23. The van der Waals surface area contributed by atoms with E-state index < -0.39 is 18.3 Å². The van der Waals surface area contributed by atoms with Gasteiger partial charge in [-0.05, 0) is 69.9 Å². The third-order valence-electron chi connectivity index (χ3n) is 7.96. The molecule has 0 bridgehead atoms. The summed E-state index contributed by atoms with van der Waals surface area (Å²) in [6.07, 6.45) is -1.15. The summed E-state index contributed by atoms with van der Waals surface area (Å²) in [7, 11) is 1.78. The van der Waals surface area contributed by atoms with Crippen molar-refractivity contribution >= 4 is 5.91 Å². The van der Waals surface area contributed by atoms with E-state index in [1.165, 1.54) is 0 Å². The fraction of sp³-hybridized carbons (Fsp3) is 0.704. The molecule has 0 spiro atoms. The van der Waals surface area contributed by atoms with Crippen molar-refractivity contribution in [3.05, 3.63) is 40.2 Å². The number of rotatable bonds is 8. The lowest BCUT2D eigenvalue weighted by Gasteiger charge is -2.35. The summed E-state index contributed by atoms with van der Waals surface area (Å²) in [5.74, 6) is 1.10. The van der Waals surface area contributed by atoms with Gasteiger partial charge in [-0.15, -0.1) is 0 Å². The number of nitrogens with one attached hydrogen (secondary N) is 1. The van der Waals surface area contributed by atoms with Crippen molar-refractivity contribution in [1.82, 2.24) is 30.0 Å². The molecule has 1 fully saturated rings. The molecule has 210 valence electrons. The lowest BCUT2D eigenvalue weighted by atomic mass is 9.81. The van der Waals surface area contributed by atoms with E-state index in [2.05, 4.69) is 25.3 Å². The van der Waals surface area contributed by atoms with E-state index in [-0.39, 0.29) is 24.8 Å². The second-order valence-corrected chi connectivity index (χ2v) is 10.9. The first-order chi connectivity index (χ1) is 17.9. The highest BCUT2D eigenvalue weighted by Crippen LogP contribution is 2.35. The van der Waals surface area contributed by atoms with Crippen LogP contribution in [0.15, 0.2) is 6.07 Å². The number of hydrogen-bond acceptors (Lipinski definition) is 5. The van der Waals surface area contributed by atoms with Gasteiger partial charge in [-0.2, -0.15) is 18.3 Å². The van der Waals surface area contributed by atoms with Crippen molar-refractivity contribution in [2.24, 2.45) is 7.05 Å². The summed E-state index contributed by atoms with van der Waals surface area (Å²) in [4.78, 5) is 23.5. The Kier molecular flexibility index (Phi) is 8.74. The third-order valence-corrected chi connectivity index (χ3v) is 7.96. The van der Waals surface area contributed by atoms with Crippen LogP contribution in [0.1, 0.15) is 72.7 Å². The number of carbonyl (C=O) groups is 1. The Balaban J connectivity index is 1.22. The van der Waals surface area contributed by atoms with E-state index in [0.717, 1.165) is 42.2 Å². The van der Waals surface area contributed by atoms with Crippen LogP contribution in [-0.2, 0) is 37.5 Å². The Labute approximate surface area is 221 Å². The molecule has 0 saturated heterocycles. The quantitative estimate of drug-likeness (QED) is 0.512. The van der Waals surface area contributed by atoms with Crippen LogP contribution in [0, 0.1) is 13.8 Å². The van der Waals surface area contributed by atoms with Gasteiger partial charge in [0.15, 0.2) is 5.82 Å². The molecule has 2 aromatic heterocycles. The number of amides is 1. The van der Waals surface area contributed by atoms with Crippen molar-refractivity contribution in [3.8, 4) is 0 Å². The van der Waals surface area contributed by atoms with Crippen molar-refractivity contribution in [3.63, 3.8) is 0 Å². The van der Waals surface area contributed by atoms with Gasteiger partial charge in [0.2, 0.25) is 5.91 Å². The molecule has 1 N–H and O–H groups in total. The molecule has 1 aliphatic carbocycles. The average molecular weight is 539 g/mol. The van der Waals surface area contributed by atoms with E-state index >= 15 is 4.39 Å². The number of pyridine rings is 1. The van der Waals surface area contributed by atoms with Crippen molar-refractivity contribution in [2.45, 2.75) is 95.9 Å². The van der Waals surface area contributed by atoms with E-state index in [9.17, 15) is 18.0 Å². The van der Waals surface area contributed by atoms with Gasteiger partial charge in [-0.25, -0.2) is 9.37 Å². The molecular formula is C27H38F4N6O. The van der Waals surface area contributed by atoms with Crippen LogP contribution in [-0.4, -0.2) is 68.1 Å². The number of hydrogen-bond donors (Lipinski definition) is 1. The lowest BCUT2D eigenvalue weighted by Crippen LogP contribution is -2.43. The molecule has 38 heavy (non-hydrogen) atoms. The third kappa shape index (κ3) is 7.74. The smallest absolute Gasteiger partial charge is 0.353 e. The molecule has 2 aromatic rings. The number of alkyl halides is 4. The molecule has 1 amide bonds. The minimum Gasteiger partial charge on any atom is -0.353 e. The molecule has 3 heterocycles. The van der Waals surface area contributed by atoms with E-state index in [4.69, 9.17) is 0 Å². The molecule has 1 aliphatic heterocycles. The number of carbonyl (C=O) groups excluding carboxylic acids is 1. The summed E-state index contributed by atoms with van der Waals surface area (Å²) in [5.41, 5.74) is 2.03. The van der Waals surface area contributed by atoms with Gasteiger partial charge in [0.05, 0.1) is 6.42 Å². The predicted octanol–water partition coefficient (Wildman–Crippen LogP) is 4.12. The molecule has 0 aromatic carbocycles. The molecule has 0 unspecified atom stereocenters. The first-order valence-corrected chi connectivity index (χ1v) is 13.5. The minimum absolute atomic E-state index is 0.0373. The predicted molar refractivity (Wildman–Crippen MR) is 135 cm³/mol. The SMILES string of the molecule is Cc1cc2c(nc1CCC(F)(F)F)CCN(CCC1(F)CCC(NC(=O)Cc3nc(C)n(C)n3)CC1)CC2. The van der Waals surface area contributed by atoms with Crippen LogP contribution in [0.3, 0.4) is 0 Å². The highest BCUT2D eigenvalue weighted by atomic mass is 19.4. The lowest BCUT2D eigenvalue weighted by molar-refractivity contribution is -0.134. The Hall–Kier alpha value is -2.56. The Morgan fingerprint density at radius 1 is 1.16 bits per heavy atom. The number of nitrogens with zero attached hydrogens (tertiary/aromatic N) is 5. The van der Waals surface area contributed by atoms with Gasteiger partial charge in [-0.3, -0.25) is 14.5 Å². The summed E-state index contributed by atoms with van der Waals surface area (Å²) in [6.45, 7) is 5.79. The highest BCUT2D eigenvalue weighted by molar-refractivity contribution is 5.78. The fourth-order valence-corrected chi connectivity index (χ4v) is 5.49. The Bertz CT molecular complexity index is 1100. The van der Waals surface area contributed by atoms with Gasteiger partial charge in [-0.1, -0.05) is 6.07 Å². The van der Waals surface area contributed by atoms with E-state index in [1.807, 2.05) is 19.9 Å². The first kappa shape index (κ1) is 28.4. The minimum atomic E-state index is -4.19. The van der Waals surface area contributed by atoms with Gasteiger partial charge in [0.1, 0.15) is 11.5 Å². The number of aryl methyl sites for hydroxylation is 4. The zero-order chi connectivity index (χ0) is 27.5. The molecule has 7 nitrogen and oxygen atoms in total. The molecule has 1 saturated carbocycles. The average Bonchev–Trinajstić information content (AvgIpc) is 3.03. The standard InChI is InChI=1S/C27H38F4N6O/c1-18-16-20-7-13-37(14-8-23(20)34-22(18)6-11-27(29,30)31)15-12-26(28)9-4-21(5-10-26)33-25(38)17-24-32-19(2)36(3)35-24/h16,21H,4-15,17H2,1-3H3,(H,33,38). The van der Waals surface area contributed by atoms with E-state index in [0.29, 0.717) is 56.6 Å². The first-order valence-electron chi connectivity index (χ1n) is 13.5. The summed E-state index contributed by atoms with van der Waals surface area (Å²) < 4.78 is 55.3. The molecule has 11 heteroatoms. The van der Waals surface area contributed by atoms with Crippen LogP contribution < -0.4 is 5.32 Å². The van der Waals surface area contributed by atoms with Crippen molar-refractivity contribution in [2.75, 3.05) is 19.6 Å². The normalized spacial score (nSPS) is 22.7. The topological polar surface area (TPSA) is 75.9 Å². The van der Waals surface area contributed by atoms with Crippen LogP contribution in [0.5, 0.6) is 0 Å². The maximum atomic E-state index is 15.6. The maximum absolute atomic E-state index is 15.6. The fourth-order valence-electron chi connectivity index (χ4n) is 5.49. The van der Waals surface area contributed by atoms with Crippen LogP contribution in [0.4, 0.5) is 17.6 Å². The van der Waals surface area contributed by atoms with Crippen LogP contribution in [0.25, 0.3) is 0 Å². The molecule has 2 aliphatic rings. The highest BCUT2D eigenvalue weighted by Gasteiger charge is 2.36. The van der Waals surface area contributed by atoms with Gasteiger partial charge in [0.25, 0.3) is 0 Å². The van der Waals surface area contributed by atoms with E-state index in [1.54, 1.807) is 11.7 Å². The number of fused-ring (bicyclic) bond motifs is 1. The number of halogens is 4. The molecule has 0 atom stereocenters. The molecular weight excluding hydrogens is 500 g/mol. The van der Waals surface area contributed by atoms with Crippen molar-refractivity contribution < 1.29 is 22.4 Å². The Morgan fingerprint density at radius 3 is 2.53 bits per heavy atom. The largest absolute Gasteiger partial charge is 0.389 e. The van der Waals surface area contributed by atoms with Gasteiger partial charge >= 0.3 is 6.18 Å². The van der Waals surface area contributed by atoms with Gasteiger partial charge in [0, 0.05) is 57.0 Å². The summed E-state index contributed by atoms with van der Waals surface area (Å²) >= 11 is 0. The second-order valence-electron chi connectivity index (χ2n) is 10.9. The van der Waals surface area contributed by atoms with Gasteiger partial charge < -0.3 is 10.2 Å². The monoisotopic (exact) mass is 538 g/mol. The van der Waals surface area contributed by atoms with Crippen molar-refractivity contribution in [1.29, 1.82) is 0 Å². The molecule has 0 radical (unpaired) electrons. The number of aromatic nitrogens is 4. The van der Waals surface area contributed by atoms with Crippen LogP contribution in [0.2, 0.25) is 0 Å². The van der Waals surface area contributed by atoms with Crippen LogP contribution >= 0.6 is 0 Å². The summed E-state index contributed by atoms with van der Waals surface area (Å²) in [6, 6.07) is 1.94.